The van der Waals surface area contributed by atoms with Crippen LogP contribution in [0.15, 0.2) is 24.3 Å². The van der Waals surface area contributed by atoms with E-state index in [4.69, 9.17) is 14.6 Å². The van der Waals surface area contributed by atoms with Crippen LogP contribution >= 0.6 is 0 Å². The number of nitrogens with zero attached hydrogens (tertiary/aromatic N) is 1. The lowest BCUT2D eigenvalue weighted by molar-refractivity contribution is -0.131. The first-order valence-corrected chi connectivity index (χ1v) is 7.16. The molecule has 6 nitrogen and oxygen atoms in total. The van der Waals surface area contributed by atoms with E-state index in [2.05, 4.69) is 0 Å². The number of carbonyl (C=O) groups excluding carboxylic acids is 1. The average Bonchev–Trinajstić information content (AvgIpc) is 2.51. The number of aromatic carboxylic acids is 1. The third kappa shape index (κ3) is 6.24. The van der Waals surface area contributed by atoms with Crippen molar-refractivity contribution in [3.8, 4) is 0 Å². The minimum Gasteiger partial charge on any atom is -0.478 e. The Balaban J connectivity index is 2.61. The van der Waals surface area contributed by atoms with Gasteiger partial charge in [0.05, 0.1) is 18.6 Å². The Morgan fingerprint density at radius 2 is 1.68 bits per heavy atom. The van der Waals surface area contributed by atoms with Gasteiger partial charge in [0.2, 0.25) is 5.91 Å². The zero-order valence-corrected chi connectivity index (χ0v) is 13.1. The van der Waals surface area contributed by atoms with Crippen molar-refractivity contribution in [3.63, 3.8) is 0 Å². The van der Waals surface area contributed by atoms with Gasteiger partial charge in [-0.1, -0.05) is 12.1 Å². The molecule has 0 aliphatic rings. The molecule has 0 saturated heterocycles. The summed E-state index contributed by atoms with van der Waals surface area (Å²) in [5, 5.41) is 8.86. The quantitative estimate of drug-likeness (QED) is 0.662. The number of methoxy groups -OCH3 is 2. The van der Waals surface area contributed by atoms with E-state index >= 15 is 0 Å². The summed E-state index contributed by atoms with van der Waals surface area (Å²) in [6, 6.07) is 6.36. The van der Waals surface area contributed by atoms with Crippen LogP contribution in [0.5, 0.6) is 0 Å². The highest BCUT2D eigenvalue weighted by Gasteiger charge is 2.14. The maximum atomic E-state index is 12.3. The Hall–Kier alpha value is -1.92. The zero-order valence-electron chi connectivity index (χ0n) is 13.1. The van der Waals surface area contributed by atoms with Gasteiger partial charge in [0, 0.05) is 33.9 Å². The molecule has 0 spiro atoms. The molecule has 1 N–H and O–H groups in total. The van der Waals surface area contributed by atoms with E-state index in [1.54, 1.807) is 31.3 Å². The fraction of sp³-hybridized carbons (Fsp3) is 0.500. The third-order valence-electron chi connectivity index (χ3n) is 3.25. The summed E-state index contributed by atoms with van der Waals surface area (Å²) in [5.74, 6) is -0.976. The van der Waals surface area contributed by atoms with Crippen molar-refractivity contribution in [1.82, 2.24) is 4.90 Å². The van der Waals surface area contributed by atoms with Crippen LogP contribution in [0.4, 0.5) is 0 Å². The van der Waals surface area contributed by atoms with Gasteiger partial charge in [-0.05, 0) is 24.1 Å². The fourth-order valence-corrected chi connectivity index (χ4v) is 2.01. The van der Waals surface area contributed by atoms with Gasteiger partial charge >= 0.3 is 5.97 Å². The lowest BCUT2D eigenvalue weighted by Crippen LogP contribution is -2.36. The smallest absolute Gasteiger partial charge is 0.335 e. The largest absolute Gasteiger partial charge is 0.478 e. The van der Waals surface area contributed by atoms with Crippen molar-refractivity contribution >= 4 is 11.9 Å². The molecular formula is C16H23NO5. The van der Waals surface area contributed by atoms with Crippen LogP contribution in [0.25, 0.3) is 0 Å². The number of hydrogen-bond acceptors (Lipinski definition) is 4. The van der Waals surface area contributed by atoms with Gasteiger partial charge in [0.25, 0.3) is 0 Å². The number of carboxylic acids is 1. The second-order valence-corrected chi connectivity index (χ2v) is 4.90. The highest BCUT2D eigenvalue weighted by atomic mass is 16.5. The number of hydrogen-bond donors (Lipinski definition) is 1. The van der Waals surface area contributed by atoms with Crippen molar-refractivity contribution in [2.24, 2.45) is 0 Å². The highest BCUT2D eigenvalue weighted by molar-refractivity contribution is 5.87. The summed E-state index contributed by atoms with van der Waals surface area (Å²) in [6.07, 6.45) is 1.01. The van der Waals surface area contributed by atoms with Crippen molar-refractivity contribution in [1.29, 1.82) is 0 Å². The molecule has 0 aliphatic carbocycles. The molecule has 0 bridgehead atoms. The number of carboxylic acid groups (broad SMARTS) is 1. The summed E-state index contributed by atoms with van der Waals surface area (Å²) in [7, 11) is 3.23. The highest BCUT2D eigenvalue weighted by Crippen LogP contribution is 2.07. The van der Waals surface area contributed by atoms with Crippen LogP contribution in [0.3, 0.4) is 0 Å². The van der Waals surface area contributed by atoms with E-state index in [0.29, 0.717) is 26.3 Å². The average molecular weight is 309 g/mol. The molecule has 1 rings (SSSR count). The normalized spacial score (nSPS) is 10.5. The Morgan fingerprint density at radius 3 is 2.23 bits per heavy atom. The molecule has 0 saturated carbocycles. The summed E-state index contributed by atoms with van der Waals surface area (Å²) < 4.78 is 10.0. The second kappa shape index (κ2) is 9.92. The lowest BCUT2D eigenvalue weighted by Gasteiger charge is -2.22. The number of carbonyl (C=O) groups is 2. The summed E-state index contributed by atoms with van der Waals surface area (Å²) in [5.41, 5.74) is 1.01. The van der Waals surface area contributed by atoms with E-state index in [1.165, 1.54) is 12.1 Å². The monoisotopic (exact) mass is 309 g/mol. The van der Waals surface area contributed by atoms with Gasteiger partial charge in [-0.15, -0.1) is 0 Å². The minimum absolute atomic E-state index is 0.00349. The van der Waals surface area contributed by atoms with Crippen molar-refractivity contribution in [2.45, 2.75) is 12.8 Å². The van der Waals surface area contributed by atoms with Crippen molar-refractivity contribution in [3.05, 3.63) is 35.4 Å². The molecule has 22 heavy (non-hydrogen) atoms. The molecule has 0 heterocycles. The number of amides is 1. The number of benzene rings is 1. The topological polar surface area (TPSA) is 76.1 Å². The standard InChI is InChI=1S/C16H23NO5/c1-21-10-3-8-17(9-11-22-2)15(18)12-13-4-6-14(7-5-13)16(19)20/h4-7H,3,8-12H2,1-2H3,(H,19,20). The van der Waals surface area contributed by atoms with Crippen LogP contribution < -0.4 is 0 Å². The molecule has 0 radical (unpaired) electrons. The van der Waals surface area contributed by atoms with Gasteiger partial charge in [0.1, 0.15) is 0 Å². The van der Waals surface area contributed by atoms with Crippen molar-refractivity contribution in [2.75, 3.05) is 40.5 Å². The molecule has 0 fully saturated rings. The first kappa shape index (κ1) is 18.1. The molecule has 1 amide bonds. The van der Waals surface area contributed by atoms with Gasteiger partial charge in [-0.25, -0.2) is 4.79 Å². The van der Waals surface area contributed by atoms with Crippen LogP contribution in [0.1, 0.15) is 22.3 Å². The second-order valence-electron chi connectivity index (χ2n) is 4.90. The Morgan fingerprint density at radius 1 is 1.05 bits per heavy atom. The lowest BCUT2D eigenvalue weighted by atomic mass is 10.1. The number of ether oxygens (including phenoxy) is 2. The van der Waals surface area contributed by atoms with Crippen LogP contribution in [-0.2, 0) is 20.7 Å². The third-order valence-corrected chi connectivity index (χ3v) is 3.25. The van der Waals surface area contributed by atoms with Gasteiger partial charge < -0.3 is 19.5 Å². The minimum atomic E-state index is -0.973. The summed E-state index contributed by atoms with van der Waals surface area (Å²) in [6.45, 7) is 2.23. The Bertz CT molecular complexity index is 472. The molecule has 0 atom stereocenters. The first-order valence-electron chi connectivity index (χ1n) is 7.16. The Kier molecular flexibility index (Phi) is 8.17. The van der Waals surface area contributed by atoms with Crippen LogP contribution in [-0.4, -0.2) is 62.4 Å². The van der Waals surface area contributed by atoms with E-state index in [-0.39, 0.29) is 17.9 Å². The molecule has 1 aromatic carbocycles. The summed E-state index contributed by atoms with van der Waals surface area (Å²) in [4.78, 5) is 24.9. The van der Waals surface area contributed by atoms with E-state index in [9.17, 15) is 9.59 Å². The van der Waals surface area contributed by atoms with Crippen LogP contribution in [0.2, 0.25) is 0 Å². The van der Waals surface area contributed by atoms with E-state index in [0.717, 1.165) is 12.0 Å². The van der Waals surface area contributed by atoms with Crippen molar-refractivity contribution < 1.29 is 24.2 Å². The SMILES string of the molecule is COCCCN(CCOC)C(=O)Cc1ccc(C(=O)O)cc1. The molecule has 122 valence electrons. The van der Waals surface area contributed by atoms with E-state index < -0.39 is 5.97 Å². The Labute approximate surface area is 130 Å². The van der Waals surface area contributed by atoms with Gasteiger partial charge in [0.15, 0.2) is 0 Å². The molecule has 6 heteroatoms. The first-order chi connectivity index (χ1) is 10.6. The fourth-order valence-electron chi connectivity index (χ4n) is 2.01. The summed E-state index contributed by atoms with van der Waals surface area (Å²) >= 11 is 0. The predicted molar refractivity (Wildman–Crippen MR) is 82.1 cm³/mol. The van der Waals surface area contributed by atoms with E-state index in [1.807, 2.05) is 0 Å². The molecule has 1 aromatic rings. The van der Waals surface area contributed by atoms with Crippen LogP contribution in [0, 0.1) is 0 Å². The molecule has 0 aliphatic heterocycles. The maximum Gasteiger partial charge on any atom is 0.335 e. The molecule has 0 aromatic heterocycles. The molecular weight excluding hydrogens is 286 g/mol. The van der Waals surface area contributed by atoms with Gasteiger partial charge in [-0.3, -0.25) is 4.79 Å². The van der Waals surface area contributed by atoms with Gasteiger partial charge in [-0.2, -0.15) is 0 Å². The molecule has 0 unspecified atom stereocenters. The zero-order chi connectivity index (χ0) is 16.4. The predicted octanol–water partition coefficient (Wildman–Crippen LogP) is 1.44. The number of rotatable bonds is 10. The maximum absolute atomic E-state index is 12.3.